The summed E-state index contributed by atoms with van der Waals surface area (Å²) < 4.78 is 34.8. The van der Waals surface area contributed by atoms with Crippen LogP contribution in [0, 0.1) is 0 Å². The zero-order valence-electron chi connectivity index (χ0n) is 16.7. The van der Waals surface area contributed by atoms with E-state index in [9.17, 15) is 8.42 Å². The SMILES string of the molecule is CCn1c(CN[C@H](C)c2cccs2)nc2cc(S(=O)(=O)N3CCOCC3)ccc21. The van der Waals surface area contributed by atoms with E-state index in [0.29, 0.717) is 43.3 Å². The van der Waals surface area contributed by atoms with Gasteiger partial charge in [0, 0.05) is 30.6 Å². The van der Waals surface area contributed by atoms with E-state index in [1.807, 2.05) is 6.07 Å². The number of benzene rings is 1. The van der Waals surface area contributed by atoms with Crippen LogP contribution in [0.15, 0.2) is 40.6 Å². The molecule has 9 heteroatoms. The van der Waals surface area contributed by atoms with Crippen molar-refractivity contribution in [1.29, 1.82) is 0 Å². The minimum absolute atomic E-state index is 0.234. The lowest BCUT2D eigenvalue weighted by molar-refractivity contribution is 0.0730. The van der Waals surface area contributed by atoms with Gasteiger partial charge in [0.2, 0.25) is 10.0 Å². The average Bonchev–Trinajstić information content (AvgIpc) is 3.39. The summed E-state index contributed by atoms with van der Waals surface area (Å²) in [5.74, 6) is 0.909. The van der Waals surface area contributed by atoms with Crippen molar-refractivity contribution in [3.05, 3.63) is 46.4 Å². The van der Waals surface area contributed by atoms with Crippen LogP contribution >= 0.6 is 11.3 Å². The highest BCUT2D eigenvalue weighted by Gasteiger charge is 2.27. The molecule has 3 aromatic rings. The Balaban J connectivity index is 1.60. The molecule has 29 heavy (non-hydrogen) atoms. The largest absolute Gasteiger partial charge is 0.379 e. The zero-order valence-corrected chi connectivity index (χ0v) is 18.3. The molecule has 4 rings (SSSR count). The number of fused-ring (bicyclic) bond motifs is 1. The number of morpholine rings is 1. The van der Waals surface area contributed by atoms with Gasteiger partial charge in [-0.3, -0.25) is 0 Å². The van der Waals surface area contributed by atoms with Gasteiger partial charge in [-0.05, 0) is 43.5 Å². The molecular formula is C20H26N4O3S2. The molecule has 1 aliphatic rings. The molecular weight excluding hydrogens is 408 g/mol. The Morgan fingerprint density at radius 3 is 2.76 bits per heavy atom. The Hall–Kier alpha value is -1.78. The van der Waals surface area contributed by atoms with Gasteiger partial charge in [0.25, 0.3) is 0 Å². The zero-order chi connectivity index (χ0) is 20.4. The normalized spacial score (nSPS) is 17.0. The molecule has 0 unspecified atom stereocenters. The number of aryl methyl sites for hydroxylation is 1. The van der Waals surface area contributed by atoms with E-state index in [0.717, 1.165) is 17.9 Å². The second-order valence-electron chi connectivity index (χ2n) is 7.06. The summed E-state index contributed by atoms with van der Waals surface area (Å²) in [6, 6.07) is 9.65. The number of rotatable bonds is 7. The minimum atomic E-state index is -3.53. The lowest BCUT2D eigenvalue weighted by atomic mass is 10.3. The van der Waals surface area contributed by atoms with Crippen molar-refractivity contribution in [1.82, 2.24) is 19.2 Å². The summed E-state index contributed by atoms with van der Waals surface area (Å²) in [6.07, 6.45) is 0. The van der Waals surface area contributed by atoms with E-state index < -0.39 is 10.0 Å². The molecule has 0 aliphatic carbocycles. The molecule has 156 valence electrons. The van der Waals surface area contributed by atoms with Crippen LogP contribution in [0.5, 0.6) is 0 Å². The lowest BCUT2D eigenvalue weighted by Crippen LogP contribution is -2.40. The van der Waals surface area contributed by atoms with Gasteiger partial charge in [0.15, 0.2) is 0 Å². The molecule has 1 saturated heterocycles. The fraction of sp³-hybridized carbons (Fsp3) is 0.450. The third-order valence-electron chi connectivity index (χ3n) is 5.26. The first kappa shape index (κ1) is 20.5. The molecule has 1 fully saturated rings. The smallest absolute Gasteiger partial charge is 0.243 e. The summed E-state index contributed by atoms with van der Waals surface area (Å²) in [4.78, 5) is 6.32. The Kier molecular flexibility index (Phi) is 6.03. The van der Waals surface area contributed by atoms with E-state index in [-0.39, 0.29) is 6.04 Å². The topological polar surface area (TPSA) is 76.5 Å². The second kappa shape index (κ2) is 8.53. The Labute approximate surface area is 175 Å². The molecule has 1 N–H and O–H groups in total. The quantitative estimate of drug-likeness (QED) is 0.619. The number of thiophene rings is 1. The summed E-state index contributed by atoms with van der Waals surface area (Å²) in [6.45, 7) is 7.25. The highest BCUT2D eigenvalue weighted by atomic mass is 32.2. The maximum Gasteiger partial charge on any atom is 0.243 e. The average molecular weight is 435 g/mol. The number of aromatic nitrogens is 2. The van der Waals surface area contributed by atoms with E-state index in [1.165, 1.54) is 9.18 Å². The van der Waals surface area contributed by atoms with Gasteiger partial charge in [-0.1, -0.05) is 6.07 Å². The molecule has 0 radical (unpaired) electrons. The van der Waals surface area contributed by atoms with Crippen LogP contribution in [0.1, 0.15) is 30.6 Å². The third kappa shape index (κ3) is 4.10. The fourth-order valence-electron chi connectivity index (χ4n) is 3.63. The number of nitrogens with one attached hydrogen (secondary N) is 1. The molecule has 0 saturated carbocycles. The van der Waals surface area contributed by atoms with Crippen molar-refractivity contribution in [2.75, 3.05) is 26.3 Å². The molecule has 0 amide bonds. The number of hydrogen-bond donors (Lipinski definition) is 1. The molecule has 1 atom stereocenters. The van der Waals surface area contributed by atoms with Crippen LogP contribution in [0.3, 0.4) is 0 Å². The van der Waals surface area contributed by atoms with Crippen LogP contribution in [0.4, 0.5) is 0 Å². The number of imidazole rings is 1. The predicted octanol–water partition coefficient (Wildman–Crippen LogP) is 2.99. The van der Waals surface area contributed by atoms with E-state index >= 15 is 0 Å². The van der Waals surface area contributed by atoms with Crippen molar-refractivity contribution in [2.45, 2.75) is 37.9 Å². The van der Waals surface area contributed by atoms with Crippen LogP contribution < -0.4 is 5.32 Å². The fourth-order valence-corrected chi connectivity index (χ4v) is 5.81. The predicted molar refractivity (Wildman–Crippen MR) is 115 cm³/mol. The van der Waals surface area contributed by atoms with Crippen molar-refractivity contribution >= 4 is 32.4 Å². The number of hydrogen-bond acceptors (Lipinski definition) is 6. The monoisotopic (exact) mass is 434 g/mol. The molecule has 0 spiro atoms. The Morgan fingerprint density at radius 2 is 2.07 bits per heavy atom. The van der Waals surface area contributed by atoms with Gasteiger partial charge in [0.1, 0.15) is 5.82 Å². The molecule has 0 bridgehead atoms. The standard InChI is InChI=1S/C20H26N4O3S2/c1-3-24-18-7-6-16(29(25,26)23-8-10-27-11-9-23)13-17(18)22-20(24)14-21-15(2)19-5-4-12-28-19/h4-7,12-13,15,21H,3,8-11,14H2,1-2H3/t15-/m1/s1. The van der Waals surface area contributed by atoms with Crippen molar-refractivity contribution < 1.29 is 13.2 Å². The van der Waals surface area contributed by atoms with Gasteiger partial charge in [0.05, 0.1) is 35.7 Å². The van der Waals surface area contributed by atoms with Gasteiger partial charge < -0.3 is 14.6 Å². The number of ether oxygens (including phenoxy) is 1. The summed E-state index contributed by atoms with van der Waals surface area (Å²) >= 11 is 1.73. The Bertz CT molecular complexity index is 1070. The van der Waals surface area contributed by atoms with E-state index in [4.69, 9.17) is 9.72 Å². The highest BCUT2D eigenvalue weighted by molar-refractivity contribution is 7.89. The maximum atomic E-state index is 13.0. The Morgan fingerprint density at radius 1 is 1.28 bits per heavy atom. The molecule has 1 aromatic carbocycles. The number of sulfonamides is 1. The van der Waals surface area contributed by atoms with Crippen LogP contribution in [-0.2, 0) is 27.8 Å². The maximum absolute atomic E-state index is 13.0. The first-order chi connectivity index (χ1) is 14.0. The summed E-state index contributed by atoms with van der Waals surface area (Å²) in [7, 11) is -3.53. The first-order valence-electron chi connectivity index (χ1n) is 9.84. The van der Waals surface area contributed by atoms with E-state index in [2.05, 4.69) is 41.2 Å². The molecule has 7 nitrogen and oxygen atoms in total. The van der Waals surface area contributed by atoms with Crippen LogP contribution in [0.25, 0.3) is 11.0 Å². The lowest BCUT2D eigenvalue weighted by Gasteiger charge is -2.26. The van der Waals surface area contributed by atoms with Gasteiger partial charge >= 0.3 is 0 Å². The van der Waals surface area contributed by atoms with Crippen LogP contribution in [-0.4, -0.2) is 48.6 Å². The van der Waals surface area contributed by atoms with Crippen molar-refractivity contribution in [2.24, 2.45) is 0 Å². The second-order valence-corrected chi connectivity index (χ2v) is 9.97. The van der Waals surface area contributed by atoms with Crippen molar-refractivity contribution in [3.8, 4) is 0 Å². The third-order valence-corrected chi connectivity index (χ3v) is 8.21. The summed E-state index contributed by atoms with van der Waals surface area (Å²) in [5.41, 5.74) is 1.66. The van der Waals surface area contributed by atoms with Gasteiger partial charge in [-0.2, -0.15) is 4.31 Å². The van der Waals surface area contributed by atoms with Crippen LogP contribution in [0.2, 0.25) is 0 Å². The number of nitrogens with zero attached hydrogens (tertiary/aromatic N) is 3. The molecule has 1 aliphatic heterocycles. The molecule has 3 heterocycles. The molecule has 2 aromatic heterocycles. The summed E-state index contributed by atoms with van der Waals surface area (Å²) in [5, 5.41) is 5.59. The minimum Gasteiger partial charge on any atom is -0.379 e. The van der Waals surface area contributed by atoms with E-state index in [1.54, 1.807) is 23.5 Å². The highest BCUT2D eigenvalue weighted by Crippen LogP contribution is 2.24. The van der Waals surface area contributed by atoms with Crippen molar-refractivity contribution in [3.63, 3.8) is 0 Å². The van der Waals surface area contributed by atoms with Gasteiger partial charge in [-0.15, -0.1) is 11.3 Å². The van der Waals surface area contributed by atoms with Gasteiger partial charge in [-0.25, -0.2) is 13.4 Å². The first-order valence-corrected chi connectivity index (χ1v) is 12.2.